The van der Waals surface area contributed by atoms with Gasteiger partial charge in [0, 0.05) is 24.2 Å². The summed E-state index contributed by atoms with van der Waals surface area (Å²) >= 11 is 0. The molecule has 1 aliphatic rings. The van der Waals surface area contributed by atoms with Crippen molar-refractivity contribution in [2.45, 2.75) is 32.6 Å². The summed E-state index contributed by atoms with van der Waals surface area (Å²) in [5, 5.41) is 3.35. The predicted octanol–water partition coefficient (Wildman–Crippen LogP) is 3.58. The molecule has 0 aromatic heterocycles. The molecule has 0 unspecified atom stereocenters. The van der Waals surface area contributed by atoms with Gasteiger partial charge in [-0.15, -0.1) is 0 Å². The number of carbonyl (C=O) groups is 1. The lowest BCUT2D eigenvalue weighted by Gasteiger charge is -2.20. The molecule has 0 saturated heterocycles. The molecule has 90 valence electrons. The minimum absolute atomic E-state index is 0.206. The quantitative estimate of drug-likeness (QED) is 0.631. The lowest BCUT2D eigenvalue weighted by molar-refractivity contribution is 0.0991. The van der Waals surface area contributed by atoms with E-state index in [0.29, 0.717) is 6.42 Å². The highest BCUT2D eigenvalue weighted by Gasteiger charge is 2.17. The summed E-state index contributed by atoms with van der Waals surface area (Å²) < 4.78 is 0. The number of rotatable bonds is 4. The van der Waals surface area contributed by atoms with Crippen LogP contribution in [0.3, 0.4) is 0 Å². The van der Waals surface area contributed by atoms with E-state index >= 15 is 0 Å². The molecule has 0 fully saturated rings. The van der Waals surface area contributed by atoms with Gasteiger partial charge in [-0.05, 0) is 30.9 Å². The molecule has 2 nitrogen and oxygen atoms in total. The Morgan fingerprint density at radius 1 is 1.47 bits per heavy atom. The summed E-state index contributed by atoms with van der Waals surface area (Å²) in [4.78, 5) is 12.2. The number of benzene rings is 1. The molecule has 2 heteroatoms. The van der Waals surface area contributed by atoms with Gasteiger partial charge in [0.2, 0.25) is 0 Å². The fourth-order valence-corrected chi connectivity index (χ4v) is 2.22. The van der Waals surface area contributed by atoms with E-state index in [1.54, 1.807) is 0 Å². The maximum Gasteiger partial charge on any atom is 0.167 e. The van der Waals surface area contributed by atoms with Gasteiger partial charge in [-0.25, -0.2) is 0 Å². The van der Waals surface area contributed by atoms with Crippen LogP contribution in [0.4, 0.5) is 5.69 Å². The molecule has 0 spiro atoms. The van der Waals surface area contributed by atoms with Crippen LogP contribution in [0.15, 0.2) is 30.4 Å². The molecule has 0 radical (unpaired) electrons. The van der Waals surface area contributed by atoms with Gasteiger partial charge in [-0.1, -0.05) is 31.2 Å². The van der Waals surface area contributed by atoms with E-state index in [9.17, 15) is 4.79 Å². The summed E-state index contributed by atoms with van der Waals surface area (Å²) in [5.74, 6) is 0.206. The Labute approximate surface area is 103 Å². The molecule has 17 heavy (non-hydrogen) atoms. The van der Waals surface area contributed by atoms with E-state index in [4.69, 9.17) is 0 Å². The van der Waals surface area contributed by atoms with Gasteiger partial charge in [-0.2, -0.15) is 0 Å². The lowest BCUT2D eigenvalue weighted by atomic mass is 9.92. The maximum atomic E-state index is 12.2. The molecular weight excluding hydrogens is 210 g/mol. The van der Waals surface area contributed by atoms with Crippen LogP contribution in [0.2, 0.25) is 0 Å². The number of anilines is 1. The van der Waals surface area contributed by atoms with E-state index < -0.39 is 0 Å². The Morgan fingerprint density at radius 2 is 2.29 bits per heavy atom. The Kier molecular flexibility index (Phi) is 3.62. The second-order valence-corrected chi connectivity index (χ2v) is 4.57. The standard InChI is InChI=1S/C15H19NO/c1-3-11(2)10-15(17)13-6-4-8-14-12(13)7-5-9-16-14/h4,6,8,16H,2-3,5,7,9-10H2,1H3. The first-order valence-electron chi connectivity index (χ1n) is 6.28. The van der Waals surface area contributed by atoms with Gasteiger partial charge in [-0.3, -0.25) is 4.79 Å². The molecule has 0 saturated carbocycles. The number of fused-ring (bicyclic) bond motifs is 1. The van der Waals surface area contributed by atoms with Crippen molar-refractivity contribution in [1.82, 2.24) is 0 Å². The van der Waals surface area contributed by atoms with Crippen LogP contribution in [0.5, 0.6) is 0 Å². The van der Waals surface area contributed by atoms with Crippen molar-refractivity contribution in [1.29, 1.82) is 0 Å². The highest BCUT2D eigenvalue weighted by Crippen LogP contribution is 2.26. The zero-order chi connectivity index (χ0) is 12.3. The molecule has 1 N–H and O–H groups in total. The summed E-state index contributed by atoms with van der Waals surface area (Å²) in [5.41, 5.74) is 4.21. The Balaban J connectivity index is 2.26. The van der Waals surface area contributed by atoms with E-state index in [1.807, 2.05) is 19.1 Å². The van der Waals surface area contributed by atoms with E-state index in [-0.39, 0.29) is 5.78 Å². The molecule has 1 aromatic rings. The van der Waals surface area contributed by atoms with Crippen LogP contribution >= 0.6 is 0 Å². The van der Waals surface area contributed by atoms with Gasteiger partial charge in [0.25, 0.3) is 0 Å². The smallest absolute Gasteiger partial charge is 0.167 e. The average molecular weight is 229 g/mol. The highest BCUT2D eigenvalue weighted by atomic mass is 16.1. The van der Waals surface area contributed by atoms with Crippen LogP contribution in [0.1, 0.15) is 42.1 Å². The summed E-state index contributed by atoms with van der Waals surface area (Å²) in [6.07, 6.45) is 3.46. The molecule has 0 atom stereocenters. The molecule has 0 bridgehead atoms. The largest absolute Gasteiger partial charge is 0.385 e. The number of carbonyl (C=O) groups excluding carboxylic acids is 1. The second-order valence-electron chi connectivity index (χ2n) is 4.57. The minimum atomic E-state index is 0.206. The maximum absolute atomic E-state index is 12.2. The highest BCUT2D eigenvalue weighted by molar-refractivity contribution is 6.00. The number of allylic oxidation sites excluding steroid dienone is 1. The zero-order valence-electron chi connectivity index (χ0n) is 10.4. The number of nitrogens with one attached hydrogen (secondary N) is 1. The Hall–Kier alpha value is -1.57. The third-order valence-electron chi connectivity index (χ3n) is 3.31. The molecule has 1 aliphatic heterocycles. The topological polar surface area (TPSA) is 29.1 Å². The zero-order valence-corrected chi connectivity index (χ0v) is 10.4. The molecule has 0 aliphatic carbocycles. The first-order chi connectivity index (χ1) is 8.22. The normalized spacial score (nSPS) is 13.7. The number of ketones is 1. The third-order valence-corrected chi connectivity index (χ3v) is 3.31. The number of hydrogen-bond acceptors (Lipinski definition) is 2. The Bertz CT molecular complexity index is 448. The number of Topliss-reactive ketones (excluding diaryl/α,β-unsaturated/α-hetero) is 1. The van der Waals surface area contributed by atoms with Crippen molar-refractivity contribution in [3.05, 3.63) is 41.5 Å². The fourth-order valence-electron chi connectivity index (χ4n) is 2.22. The SMILES string of the molecule is C=C(CC)CC(=O)c1cccc2c1CCCN2. The summed E-state index contributed by atoms with van der Waals surface area (Å²) in [6, 6.07) is 5.95. The second kappa shape index (κ2) is 5.17. The van der Waals surface area contributed by atoms with Crippen molar-refractivity contribution in [3.8, 4) is 0 Å². The lowest BCUT2D eigenvalue weighted by Crippen LogP contribution is -2.15. The first-order valence-corrected chi connectivity index (χ1v) is 6.28. The van der Waals surface area contributed by atoms with Gasteiger partial charge in [0.1, 0.15) is 0 Å². The van der Waals surface area contributed by atoms with E-state index in [1.165, 1.54) is 5.56 Å². The predicted molar refractivity (Wildman–Crippen MR) is 71.6 cm³/mol. The fraction of sp³-hybridized carbons (Fsp3) is 0.400. The average Bonchev–Trinajstić information content (AvgIpc) is 2.37. The van der Waals surface area contributed by atoms with E-state index in [2.05, 4.69) is 18.0 Å². The van der Waals surface area contributed by atoms with Crippen molar-refractivity contribution < 1.29 is 4.79 Å². The monoisotopic (exact) mass is 229 g/mol. The van der Waals surface area contributed by atoms with Crippen LogP contribution in [0, 0.1) is 0 Å². The van der Waals surface area contributed by atoms with Gasteiger partial charge >= 0.3 is 0 Å². The van der Waals surface area contributed by atoms with Crippen LogP contribution < -0.4 is 5.32 Å². The first kappa shape index (κ1) is 11.9. The van der Waals surface area contributed by atoms with E-state index in [0.717, 1.165) is 42.6 Å². The van der Waals surface area contributed by atoms with Crippen LogP contribution in [0.25, 0.3) is 0 Å². The van der Waals surface area contributed by atoms with Crippen LogP contribution in [-0.2, 0) is 6.42 Å². The molecule has 1 aromatic carbocycles. The molecular formula is C15H19NO. The summed E-state index contributed by atoms with van der Waals surface area (Å²) in [6.45, 7) is 6.96. The molecule has 1 heterocycles. The van der Waals surface area contributed by atoms with Crippen molar-refractivity contribution in [2.75, 3.05) is 11.9 Å². The number of hydrogen-bond donors (Lipinski definition) is 1. The molecule has 2 rings (SSSR count). The Morgan fingerprint density at radius 3 is 3.06 bits per heavy atom. The van der Waals surface area contributed by atoms with Crippen molar-refractivity contribution in [2.24, 2.45) is 0 Å². The summed E-state index contributed by atoms with van der Waals surface area (Å²) in [7, 11) is 0. The van der Waals surface area contributed by atoms with Crippen LogP contribution in [-0.4, -0.2) is 12.3 Å². The van der Waals surface area contributed by atoms with Gasteiger partial charge in [0.05, 0.1) is 0 Å². The van der Waals surface area contributed by atoms with Crippen molar-refractivity contribution in [3.63, 3.8) is 0 Å². The molecule has 0 amide bonds. The third kappa shape index (κ3) is 2.57. The van der Waals surface area contributed by atoms with Gasteiger partial charge < -0.3 is 5.32 Å². The minimum Gasteiger partial charge on any atom is -0.385 e. The van der Waals surface area contributed by atoms with Crippen molar-refractivity contribution >= 4 is 11.5 Å². The van der Waals surface area contributed by atoms with Gasteiger partial charge in [0.15, 0.2) is 5.78 Å².